The van der Waals surface area contributed by atoms with Gasteiger partial charge in [-0.2, -0.15) is 5.10 Å². The third-order valence-corrected chi connectivity index (χ3v) is 4.43. The van der Waals surface area contributed by atoms with Crippen molar-refractivity contribution in [1.29, 1.82) is 0 Å². The number of fused-ring (bicyclic) bond motifs is 1. The molecular weight excluding hydrogens is 398 g/mol. The number of nitrogens with zero attached hydrogens (tertiary/aromatic N) is 2. The number of hydrogen-bond acceptors (Lipinski definition) is 6. The number of hydrogen-bond donors (Lipinski definition) is 3. The predicted molar refractivity (Wildman–Crippen MR) is 112 cm³/mol. The van der Waals surface area contributed by atoms with Crippen LogP contribution in [0, 0.1) is 0 Å². The van der Waals surface area contributed by atoms with Gasteiger partial charge in [-0.25, -0.2) is 10.1 Å². The lowest BCUT2D eigenvalue weighted by Crippen LogP contribution is -2.42. The zero-order valence-electron chi connectivity index (χ0n) is 16.2. The lowest BCUT2D eigenvalue weighted by Gasteiger charge is -2.09. The minimum absolute atomic E-state index is 0.0166. The largest absolute Gasteiger partial charge is 0.473 e. The summed E-state index contributed by atoms with van der Waals surface area (Å²) in [5, 5.41) is 6.76. The highest BCUT2D eigenvalue weighted by Crippen LogP contribution is 2.13. The molecule has 4 aromatic rings. The first-order chi connectivity index (χ1) is 15.1. The van der Waals surface area contributed by atoms with Crippen molar-refractivity contribution < 1.29 is 14.3 Å². The molecule has 154 valence electrons. The zero-order chi connectivity index (χ0) is 21.6. The van der Waals surface area contributed by atoms with Gasteiger partial charge in [0.25, 0.3) is 17.4 Å². The zero-order valence-corrected chi connectivity index (χ0v) is 16.2. The van der Waals surface area contributed by atoms with Crippen LogP contribution in [-0.2, 0) is 6.61 Å². The van der Waals surface area contributed by atoms with E-state index in [2.05, 4.69) is 26.0 Å². The van der Waals surface area contributed by atoms with E-state index in [0.29, 0.717) is 17.4 Å². The molecule has 9 heteroatoms. The SMILES string of the molecule is O=C(NNC(=O)c1n[nH]c(=O)c2ccccc12)c1ccnc(OCc2ccccc2)c1. The summed E-state index contributed by atoms with van der Waals surface area (Å²) in [4.78, 5) is 40.9. The Balaban J connectivity index is 1.42. The van der Waals surface area contributed by atoms with E-state index in [9.17, 15) is 14.4 Å². The van der Waals surface area contributed by atoms with Gasteiger partial charge in [0.2, 0.25) is 5.88 Å². The number of hydrazine groups is 1. The molecule has 0 spiro atoms. The van der Waals surface area contributed by atoms with Crippen molar-refractivity contribution in [1.82, 2.24) is 26.0 Å². The van der Waals surface area contributed by atoms with E-state index in [4.69, 9.17) is 4.74 Å². The summed E-state index contributed by atoms with van der Waals surface area (Å²) in [6.07, 6.45) is 1.44. The van der Waals surface area contributed by atoms with Crippen LogP contribution in [0.15, 0.2) is 77.7 Å². The lowest BCUT2D eigenvalue weighted by molar-refractivity contribution is 0.0844. The van der Waals surface area contributed by atoms with Crippen molar-refractivity contribution in [3.8, 4) is 5.88 Å². The topological polar surface area (TPSA) is 126 Å². The summed E-state index contributed by atoms with van der Waals surface area (Å²) < 4.78 is 5.62. The van der Waals surface area contributed by atoms with Gasteiger partial charge in [-0.3, -0.25) is 25.2 Å². The van der Waals surface area contributed by atoms with Crippen LogP contribution in [0.3, 0.4) is 0 Å². The average Bonchev–Trinajstić information content (AvgIpc) is 2.82. The molecule has 2 aromatic carbocycles. The van der Waals surface area contributed by atoms with Crippen LogP contribution in [0.4, 0.5) is 0 Å². The fourth-order valence-corrected chi connectivity index (χ4v) is 2.89. The standard InChI is InChI=1S/C22H17N5O4/c28-20(15-10-11-23-18(12-15)31-13-14-6-2-1-3-7-14)25-27-22(30)19-16-8-4-5-9-17(16)21(29)26-24-19/h1-12H,13H2,(H,25,28)(H,26,29)(H,27,30). The Morgan fingerprint density at radius 2 is 1.61 bits per heavy atom. The maximum Gasteiger partial charge on any atom is 0.290 e. The highest BCUT2D eigenvalue weighted by molar-refractivity contribution is 6.05. The molecule has 0 radical (unpaired) electrons. The molecule has 9 nitrogen and oxygen atoms in total. The summed E-state index contributed by atoms with van der Waals surface area (Å²) in [7, 11) is 0. The molecule has 31 heavy (non-hydrogen) atoms. The van der Waals surface area contributed by atoms with Gasteiger partial charge in [0.1, 0.15) is 6.61 Å². The Bertz CT molecular complexity index is 1300. The Kier molecular flexibility index (Phi) is 5.66. The molecule has 0 aliphatic heterocycles. The van der Waals surface area contributed by atoms with E-state index in [-0.39, 0.29) is 17.1 Å². The number of H-pyrrole nitrogens is 1. The maximum absolute atomic E-state index is 12.5. The van der Waals surface area contributed by atoms with Gasteiger partial charge in [-0.15, -0.1) is 0 Å². The molecule has 0 fully saturated rings. The molecule has 0 unspecified atom stereocenters. The molecule has 0 saturated heterocycles. The van der Waals surface area contributed by atoms with Gasteiger partial charge < -0.3 is 4.74 Å². The van der Waals surface area contributed by atoms with Crippen molar-refractivity contribution in [3.63, 3.8) is 0 Å². The fraction of sp³-hybridized carbons (Fsp3) is 0.0455. The van der Waals surface area contributed by atoms with Crippen molar-refractivity contribution in [2.75, 3.05) is 0 Å². The third kappa shape index (κ3) is 4.56. The van der Waals surface area contributed by atoms with E-state index < -0.39 is 17.4 Å². The fourth-order valence-electron chi connectivity index (χ4n) is 2.89. The quantitative estimate of drug-likeness (QED) is 0.428. The lowest BCUT2D eigenvalue weighted by atomic mass is 10.1. The molecule has 0 aliphatic carbocycles. The smallest absolute Gasteiger partial charge is 0.290 e. The molecule has 2 amide bonds. The average molecular weight is 415 g/mol. The molecule has 4 rings (SSSR count). The Labute approximate surface area is 176 Å². The number of rotatable bonds is 5. The number of carbonyl (C=O) groups is 2. The van der Waals surface area contributed by atoms with Crippen LogP contribution < -0.4 is 21.1 Å². The number of benzene rings is 2. The van der Waals surface area contributed by atoms with Gasteiger partial charge in [0, 0.05) is 23.2 Å². The Morgan fingerprint density at radius 3 is 2.42 bits per heavy atom. The maximum atomic E-state index is 12.5. The van der Waals surface area contributed by atoms with Crippen LogP contribution in [0.2, 0.25) is 0 Å². The highest BCUT2D eigenvalue weighted by atomic mass is 16.5. The summed E-state index contributed by atoms with van der Waals surface area (Å²) >= 11 is 0. The summed E-state index contributed by atoms with van der Waals surface area (Å²) in [6.45, 7) is 0.306. The summed E-state index contributed by atoms with van der Waals surface area (Å²) in [5.41, 5.74) is 5.42. The van der Waals surface area contributed by atoms with Crippen LogP contribution >= 0.6 is 0 Å². The van der Waals surface area contributed by atoms with Crippen molar-refractivity contribution >= 4 is 22.6 Å². The molecule has 0 bridgehead atoms. The number of aromatic nitrogens is 3. The predicted octanol–water partition coefficient (Wildman–Crippen LogP) is 1.97. The van der Waals surface area contributed by atoms with Gasteiger partial charge in [-0.05, 0) is 17.7 Å². The van der Waals surface area contributed by atoms with E-state index in [0.717, 1.165) is 5.56 Å². The first-order valence-electron chi connectivity index (χ1n) is 9.33. The molecule has 0 saturated carbocycles. The molecule has 0 aliphatic rings. The van der Waals surface area contributed by atoms with Crippen LogP contribution in [0.1, 0.15) is 26.4 Å². The minimum Gasteiger partial charge on any atom is -0.473 e. The molecular formula is C22H17N5O4. The normalized spacial score (nSPS) is 10.5. The second kappa shape index (κ2) is 8.87. The van der Waals surface area contributed by atoms with Crippen LogP contribution in [-0.4, -0.2) is 27.0 Å². The first kappa shape index (κ1) is 19.8. The third-order valence-electron chi connectivity index (χ3n) is 4.43. The summed E-state index contributed by atoms with van der Waals surface area (Å²) in [6, 6.07) is 19.1. The number of aromatic amines is 1. The van der Waals surface area contributed by atoms with E-state index >= 15 is 0 Å². The van der Waals surface area contributed by atoms with E-state index in [1.54, 1.807) is 24.3 Å². The number of amides is 2. The molecule has 3 N–H and O–H groups in total. The Hall–Kier alpha value is -4.53. The minimum atomic E-state index is -0.671. The number of ether oxygens (including phenoxy) is 1. The van der Waals surface area contributed by atoms with E-state index in [1.165, 1.54) is 18.3 Å². The van der Waals surface area contributed by atoms with E-state index in [1.807, 2.05) is 30.3 Å². The monoisotopic (exact) mass is 415 g/mol. The van der Waals surface area contributed by atoms with Gasteiger partial charge in [0.15, 0.2) is 5.69 Å². The second-order valence-corrected chi connectivity index (χ2v) is 6.51. The summed E-state index contributed by atoms with van der Waals surface area (Å²) in [5.74, 6) is -0.958. The van der Waals surface area contributed by atoms with Crippen LogP contribution in [0.5, 0.6) is 5.88 Å². The molecule has 2 aromatic heterocycles. The van der Waals surface area contributed by atoms with Gasteiger partial charge in [-0.1, -0.05) is 48.5 Å². The second-order valence-electron chi connectivity index (χ2n) is 6.51. The van der Waals surface area contributed by atoms with Gasteiger partial charge >= 0.3 is 0 Å². The van der Waals surface area contributed by atoms with Crippen molar-refractivity contribution in [2.24, 2.45) is 0 Å². The Morgan fingerprint density at radius 1 is 0.903 bits per heavy atom. The van der Waals surface area contributed by atoms with Gasteiger partial charge in [0.05, 0.1) is 5.39 Å². The number of carbonyl (C=O) groups excluding carboxylic acids is 2. The molecule has 0 atom stereocenters. The van der Waals surface area contributed by atoms with Crippen molar-refractivity contribution in [3.05, 3.63) is 100 Å². The number of nitrogens with one attached hydrogen (secondary N) is 3. The van der Waals surface area contributed by atoms with Crippen LogP contribution in [0.25, 0.3) is 10.8 Å². The highest BCUT2D eigenvalue weighted by Gasteiger charge is 2.15. The first-order valence-corrected chi connectivity index (χ1v) is 9.33. The number of pyridine rings is 1. The molecule has 2 heterocycles. The van der Waals surface area contributed by atoms with Crippen molar-refractivity contribution in [2.45, 2.75) is 6.61 Å².